The van der Waals surface area contributed by atoms with Crippen LogP contribution in [0.5, 0.6) is 0 Å². The van der Waals surface area contributed by atoms with Gasteiger partial charge in [0.05, 0.1) is 18.5 Å². The van der Waals surface area contributed by atoms with Crippen LogP contribution in [0.25, 0.3) is 10.8 Å². The number of nitrogens with zero attached hydrogens (tertiary/aromatic N) is 8. The summed E-state index contributed by atoms with van der Waals surface area (Å²) in [5.41, 5.74) is 0.765. The van der Waals surface area contributed by atoms with Crippen molar-refractivity contribution in [2.24, 2.45) is 5.92 Å². The van der Waals surface area contributed by atoms with Crippen molar-refractivity contribution in [1.82, 2.24) is 35.0 Å². The second-order valence-corrected chi connectivity index (χ2v) is 8.03. The maximum atomic E-state index is 13.1. The molecule has 3 aromatic heterocycles. The van der Waals surface area contributed by atoms with Crippen molar-refractivity contribution in [2.45, 2.75) is 25.3 Å². The van der Waals surface area contributed by atoms with E-state index in [-0.39, 0.29) is 17.9 Å². The van der Waals surface area contributed by atoms with Gasteiger partial charge in [-0.05, 0) is 12.8 Å². The van der Waals surface area contributed by atoms with Gasteiger partial charge in [-0.1, -0.05) is 0 Å². The van der Waals surface area contributed by atoms with Crippen LogP contribution in [-0.4, -0.2) is 60.6 Å². The van der Waals surface area contributed by atoms with Gasteiger partial charge in [0.15, 0.2) is 10.8 Å². The molecule has 0 unspecified atom stereocenters. The number of amides is 1. The molecule has 2 fully saturated rings. The van der Waals surface area contributed by atoms with Crippen molar-refractivity contribution in [3.63, 3.8) is 0 Å². The van der Waals surface area contributed by atoms with E-state index in [1.807, 2.05) is 5.38 Å². The molecule has 0 bridgehead atoms. The molecule has 3 aromatic rings. The van der Waals surface area contributed by atoms with E-state index in [0.29, 0.717) is 44.3 Å². The summed E-state index contributed by atoms with van der Waals surface area (Å²) in [5.74, 6) is 1.11. The van der Waals surface area contributed by atoms with Crippen LogP contribution in [0.15, 0.2) is 36.5 Å². The van der Waals surface area contributed by atoms with Crippen LogP contribution in [-0.2, 0) is 9.63 Å². The highest BCUT2D eigenvalue weighted by Crippen LogP contribution is 2.32. The van der Waals surface area contributed by atoms with Crippen LogP contribution in [0.2, 0.25) is 0 Å². The molecule has 5 rings (SSSR count). The number of aromatic nitrogens is 6. The monoisotopic (exact) mass is 424 g/mol. The lowest BCUT2D eigenvalue weighted by Gasteiger charge is -2.33. The van der Waals surface area contributed by atoms with Gasteiger partial charge in [-0.2, -0.15) is 4.98 Å². The third-order valence-corrected chi connectivity index (χ3v) is 6.13. The molecule has 0 N–H and O–H groups in total. The number of anilines is 1. The zero-order valence-corrected chi connectivity index (χ0v) is 17.0. The predicted octanol–water partition coefficient (Wildman–Crippen LogP) is 1.91. The number of hydroxylamine groups is 2. The van der Waals surface area contributed by atoms with Gasteiger partial charge in [-0.25, -0.2) is 20.0 Å². The van der Waals surface area contributed by atoms with Crippen molar-refractivity contribution in [2.75, 3.05) is 24.6 Å². The molecule has 0 aliphatic carbocycles. The number of piperidine rings is 1. The molecule has 0 radical (unpaired) electrons. The lowest BCUT2D eigenvalue weighted by Crippen LogP contribution is -2.42. The molecule has 154 valence electrons. The van der Waals surface area contributed by atoms with Crippen LogP contribution >= 0.6 is 11.3 Å². The van der Waals surface area contributed by atoms with Crippen molar-refractivity contribution in [1.29, 1.82) is 0 Å². The summed E-state index contributed by atoms with van der Waals surface area (Å²) in [4.78, 5) is 46.7. The Labute approximate surface area is 177 Å². The van der Waals surface area contributed by atoms with E-state index < -0.39 is 0 Å². The molecule has 2 aliphatic heterocycles. The van der Waals surface area contributed by atoms with E-state index >= 15 is 0 Å². The van der Waals surface area contributed by atoms with E-state index in [0.717, 1.165) is 17.1 Å². The first-order valence-corrected chi connectivity index (χ1v) is 10.7. The number of hydrogen-bond donors (Lipinski definition) is 0. The Balaban J connectivity index is 1.24. The van der Waals surface area contributed by atoms with Crippen molar-refractivity contribution in [3.8, 4) is 10.8 Å². The van der Waals surface area contributed by atoms with E-state index in [2.05, 4.69) is 34.8 Å². The van der Waals surface area contributed by atoms with E-state index in [4.69, 9.17) is 4.84 Å². The largest absolute Gasteiger partial charge is 0.341 e. The minimum atomic E-state index is -0.173. The molecule has 5 heterocycles. The maximum Gasteiger partial charge on any atom is 0.250 e. The number of thiazole rings is 1. The fourth-order valence-electron chi connectivity index (χ4n) is 3.82. The van der Waals surface area contributed by atoms with E-state index in [1.54, 1.807) is 24.8 Å². The summed E-state index contributed by atoms with van der Waals surface area (Å²) in [7, 11) is 0. The summed E-state index contributed by atoms with van der Waals surface area (Å²) in [6, 6.07) is -0.173. The zero-order chi connectivity index (χ0) is 20.3. The fourth-order valence-corrected chi connectivity index (χ4v) is 4.40. The highest BCUT2D eigenvalue weighted by molar-refractivity contribution is 7.13. The highest BCUT2D eigenvalue weighted by atomic mass is 32.1. The molecule has 1 amide bonds. The van der Waals surface area contributed by atoms with Gasteiger partial charge >= 0.3 is 0 Å². The third kappa shape index (κ3) is 3.73. The van der Waals surface area contributed by atoms with Gasteiger partial charge in [0.2, 0.25) is 11.9 Å². The molecule has 1 atom stereocenters. The molecular weight excluding hydrogens is 404 g/mol. The summed E-state index contributed by atoms with van der Waals surface area (Å²) < 4.78 is 0. The minimum absolute atomic E-state index is 0.0157. The Kier molecular flexibility index (Phi) is 5.28. The summed E-state index contributed by atoms with van der Waals surface area (Å²) in [5, 5.41) is 4.17. The van der Waals surface area contributed by atoms with Crippen LogP contribution in [0.4, 0.5) is 5.95 Å². The topological polar surface area (TPSA) is 110 Å². The van der Waals surface area contributed by atoms with Gasteiger partial charge in [0, 0.05) is 49.4 Å². The Morgan fingerprint density at radius 2 is 1.97 bits per heavy atom. The van der Waals surface area contributed by atoms with Gasteiger partial charge in [0.1, 0.15) is 12.4 Å². The second-order valence-electron chi connectivity index (χ2n) is 7.14. The molecule has 11 heteroatoms. The predicted molar refractivity (Wildman–Crippen MR) is 108 cm³/mol. The third-order valence-electron chi connectivity index (χ3n) is 5.36. The summed E-state index contributed by atoms with van der Waals surface area (Å²) >= 11 is 1.49. The van der Waals surface area contributed by atoms with E-state index in [1.165, 1.54) is 22.7 Å². The molecule has 2 aliphatic rings. The van der Waals surface area contributed by atoms with Gasteiger partial charge in [-0.3, -0.25) is 19.6 Å². The van der Waals surface area contributed by atoms with Crippen LogP contribution < -0.4 is 4.90 Å². The van der Waals surface area contributed by atoms with Gasteiger partial charge in [0.25, 0.3) is 0 Å². The molecule has 30 heavy (non-hydrogen) atoms. The van der Waals surface area contributed by atoms with Crippen molar-refractivity contribution in [3.05, 3.63) is 42.2 Å². The summed E-state index contributed by atoms with van der Waals surface area (Å²) in [6.45, 7) is 1.90. The normalized spacial score (nSPS) is 19.9. The van der Waals surface area contributed by atoms with Crippen molar-refractivity contribution >= 4 is 23.2 Å². The van der Waals surface area contributed by atoms with Crippen LogP contribution in [0.3, 0.4) is 0 Å². The average molecular weight is 424 g/mol. The van der Waals surface area contributed by atoms with Gasteiger partial charge < -0.3 is 4.90 Å². The number of rotatable bonds is 4. The van der Waals surface area contributed by atoms with E-state index in [9.17, 15) is 4.79 Å². The number of carbonyl (C=O) groups excluding carboxylic acids is 1. The molecule has 0 aromatic carbocycles. The maximum absolute atomic E-state index is 13.1. The number of hydrogen-bond acceptors (Lipinski definition) is 10. The number of carbonyl (C=O) groups is 1. The molecular formula is C19H20N8O2S. The molecule has 0 spiro atoms. The smallest absolute Gasteiger partial charge is 0.250 e. The van der Waals surface area contributed by atoms with Crippen LogP contribution in [0, 0.1) is 5.92 Å². The van der Waals surface area contributed by atoms with Gasteiger partial charge in [-0.15, -0.1) is 11.3 Å². The quantitative estimate of drug-likeness (QED) is 0.620. The lowest BCUT2D eigenvalue weighted by molar-refractivity contribution is -0.182. The highest BCUT2D eigenvalue weighted by Gasteiger charge is 2.38. The lowest BCUT2D eigenvalue weighted by atomic mass is 9.95. The standard InChI is InChI=1S/C19H20N8O2S/c28-18(27-15(3-9-29-27)14-11-20-4-5-21-14)13-1-7-26(8-2-13)19-24-12-23-16(25-19)17-22-6-10-30-17/h4-6,10-13,15H,1-3,7-9H2/t15-/m0/s1. The zero-order valence-electron chi connectivity index (χ0n) is 16.2. The fraction of sp³-hybridized carbons (Fsp3) is 0.421. The first-order valence-electron chi connectivity index (χ1n) is 9.85. The molecule has 10 nitrogen and oxygen atoms in total. The SMILES string of the molecule is O=C(C1CCN(c2ncnc(-c3nccs3)n2)CC1)N1OCC[C@H]1c1cnccn1. The Morgan fingerprint density at radius 1 is 1.07 bits per heavy atom. The molecule has 0 saturated carbocycles. The van der Waals surface area contributed by atoms with Crippen molar-refractivity contribution < 1.29 is 9.63 Å². The second kappa shape index (κ2) is 8.36. The first-order chi connectivity index (χ1) is 14.8. The Bertz CT molecular complexity index is 995. The average Bonchev–Trinajstić information content (AvgIpc) is 3.52. The Morgan fingerprint density at radius 3 is 2.73 bits per heavy atom. The minimum Gasteiger partial charge on any atom is -0.341 e. The first kappa shape index (κ1) is 18.9. The van der Waals surface area contributed by atoms with Crippen LogP contribution in [0.1, 0.15) is 31.0 Å². The summed E-state index contributed by atoms with van der Waals surface area (Å²) in [6.07, 6.45) is 10.4. The Hall–Kier alpha value is -3.05. The molecule has 2 saturated heterocycles.